The van der Waals surface area contributed by atoms with Crippen molar-refractivity contribution in [3.8, 4) is 0 Å². The van der Waals surface area contributed by atoms with Gasteiger partial charge in [0.15, 0.2) is 23.2 Å². The second-order valence-electron chi connectivity index (χ2n) is 10.9. The van der Waals surface area contributed by atoms with Crippen LogP contribution >= 0.6 is 0 Å². The summed E-state index contributed by atoms with van der Waals surface area (Å²) in [7, 11) is 1.62. The molecule has 1 N–H and O–H groups in total. The number of methoxy groups -OCH3 is 1. The van der Waals surface area contributed by atoms with Crippen molar-refractivity contribution < 1.29 is 23.7 Å². The Kier molecular flexibility index (Phi) is 9.08. The Morgan fingerprint density at radius 3 is 2.22 bits per heavy atom. The number of rotatable bonds is 12. The van der Waals surface area contributed by atoms with Crippen molar-refractivity contribution in [2.24, 2.45) is 0 Å². The zero-order chi connectivity index (χ0) is 31.2. The number of carbonyl (C=O) groups is 1. The van der Waals surface area contributed by atoms with Crippen molar-refractivity contribution in [1.82, 2.24) is 19.5 Å². The third-order valence-corrected chi connectivity index (χ3v) is 7.97. The fraction of sp³-hybridized carbons (Fsp3) is 0.257. The lowest BCUT2D eigenvalue weighted by molar-refractivity contribution is -0.135. The summed E-state index contributed by atoms with van der Waals surface area (Å²) in [5.41, 5.74) is 3.09. The molecule has 2 aromatic heterocycles. The van der Waals surface area contributed by atoms with Gasteiger partial charge in [0.25, 0.3) is 5.91 Å². The number of amides is 1. The Morgan fingerprint density at radius 2 is 1.58 bits per heavy atom. The van der Waals surface area contributed by atoms with E-state index in [2.05, 4.69) is 26.8 Å². The number of aromatic nitrogens is 4. The van der Waals surface area contributed by atoms with E-state index in [1.165, 1.54) is 6.33 Å². The molecular formula is C35H35N5O5. The topological polar surface area (TPSA) is 110 Å². The molecule has 0 aliphatic carbocycles. The number of nitrogens with zero attached hydrogens (tertiary/aromatic N) is 4. The predicted octanol–water partition coefficient (Wildman–Crippen LogP) is 5.74. The molecule has 10 heteroatoms. The quantitative estimate of drug-likeness (QED) is 0.179. The summed E-state index contributed by atoms with van der Waals surface area (Å²) in [5, 5.41) is 2.86. The van der Waals surface area contributed by atoms with Crippen LogP contribution < -0.4 is 5.32 Å². The highest BCUT2D eigenvalue weighted by Gasteiger charge is 2.58. The van der Waals surface area contributed by atoms with Gasteiger partial charge in [0.1, 0.15) is 24.1 Å². The van der Waals surface area contributed by atoms with Gasteiger partial charge in [0, 0.05) is 12.7 Å². The number of hydrogen-bond acceptors (Lipinski definition) is 8. The lowest BCUT2D eigenvalue weighted by Crippen LogP contribution is -2.49. The molecule has 10 nitrogen and oxygen atoms in total. The predicted molar refractivity (Wildman–Crippen MR) is 169 cm³/mol. The molecule has 3 heterocycles. The number of imidazole rings is 1. The lowest BCUT2D eigenvalue weighted by atomic mass is 9.89. The van der Waals surface area contributed by atoms with Crippen LogP contribution in [0.5, 0.6) is 0 Å². The van der Waals surface area contributed by atoms with Crippen LogP contribution in [0.15, 0.2) is 116 Å². The highest BCUT2D eigenvalue weighted by Crippen LogP contribution is 2.45. The van der Waals surface area contributed by atoms with Gasteiger partial charge in [-0.15, -0.1) is 0 Å². The first-order chi connectivity index (χ1) is 22.0. The van der Waals surface area contributed by atoms with E-state index >= 15 is 0 Å². The molecule has 4 atom stereocenters. The van der Waals surface area contributed by atoms with Crippen molar-refractivity contribution in [2.75, 3.05) is 19.0 Å². The van der Waals surface area contributed by atoms with E-state index in [1.807, 2.05) is 73.7 Å². The summed E-state index contributed by atoms with van der Waals surface area (Å²) in [6.45, 7) is 7.12. The average molecular weight is 606 g/mol. The molecule has 1 aliphatic rings. The molecule has 1 fully saturated rings. The molecule has 1 aliphatic heterocycles. The Bertz CT molecular complexity index is 1750. The first kappa shape index (κ1) is 30.3. The Labute approximate surface area is 261 Å². The minimum atomic E-state index is -1.07. The van der Waals surface area contributed by atoms with Gasteiger partial charge in [-0.2, -0.15) is 0 Å². The van der Waals surface area contributed by atoms with Gasteiger partial charge in [0.2, 0.25) is 0 Å². The summed E-state index contributed by atoms with van der Waals surface area (Å²) >= 11 is 0. The van der Waals surface area contributed by atoms with Crippen LogP contribution in [0.2, 0.25) is 0 Å². The first-order valence-corrected chi connectivity index (χ1v) is 14.7. The maximum absolute atomic E-state index is 12.9. The smallest absolute Gasteiger partial charge is 0.256 e. The van der Waals surface area contributed by atoms with Crippen molar-refractivity contribution in [1.29, 1.82) is 0 Å². The molecular weight excluding hydrogens is 570 g/mol. The minimum Gasteiger partial charge on any atom is -0.374 e. The van der Waals surface area contributed by atoms with E-state index < -0.39 is 24.0 Å². The van der Waals surface area contributed by atoms with Crippen LogP contribution in [0, 0.1) is 0 Å². The third-order valence-electron chi connectivity index (χ3n) is 7.97. The summed E-state index contributed by atoms with van der Waals surface area (Å²) in [6, 6.07) is 28.8. The van der Waals surface area contributed by atoms with Crippen LogP contribution in [-0.4, -0.2) is 57.0 Å². The standard InChI is InChI=1S/C35H35N5O5/c1-24(2)35(21-43-19-25-13-7-4-8-14-25)30(44-20-26-15-9-5-10-16-26)29(42-3)34(45-35)40-23-38-28-31(36-22-37-32(28)40)39-33(41)27-17-11-6-12-18-27/h4-18,22-23,29-30,34H,1,19-21H2,2-3H3,(H,36,37,39,41)/t29?,30?,34?,35-/m0/s1. The Morgan fingerprint density at radius 1 is 0.933 bits per heavy atom. The van der Waals surface area contributed by atoms with E-state index in [9.17, 15) is 4.79 Å². The molecule has 6 rings (SSSR count). The summed E-state index contributed by atoms with van der Waals surface area (Å²) in [6.07, 6.45) is 1.08. The summed E-state index contributed by atoms with van der Waals surface area (Å²) < 4.78 is 27.7. The number of carbonyl (C=O) groups excluding carboxylic acids is 1. The second-order valence-corrected chi connectivity index (χ2v) is 10.9. The molecule has 230 valence electrons. The zero-order valence-corrected chi connectivity index (χ0v) is 25.2. The molecule has 0 bridgehead atoms. The van der Waals surface area contributed by atoms with Gasteiger partial charge in [-0.3, -0.25) is 9.36 Å². The monoisotopic (exact) mass is 605 g/mol. The normalized spacial score (nSPS) is 21.2. The zero-order valence-electron chi connectivity index (χ0n) is 25.2. The van der Waals surface area contributed by atoms with E-state index in [4.69, 9.17) is 18.9 Å². The van der Waals surface area contributed by atoms with Gasteiger partial charge >= 0.3 is 0 Å². The highest BCUT2D eigenvalue weighted by molar-refractivity contribution is 6.06. The van der Waals surface area contributed by atoms with Crippen molar-refractivity contribution in [2.45, 2.75) is 44.2 Å². The van der Waals surface area contributed by atoms with Crippen LogP contribution in [0.25, 0.3) is 11.2 Å². The average Bonchev–Trinajstić information content (AvgIpc) is 3.65. The Balaban J connectivity index is 1.33. The number of hydrogen-bond donors (Lipinski definition) is 1. The third kappa shape index (κ3) is 6.27. The van der Waals surface area contributed by atoms with Gasteiger partial charge in [-0.1, -0.05) is 85.4 Å². The van der Waals surface area contributed by atoms with Gasteiger partial charge < -0.3 is 24.3 Å². The minimum absolute atomic E-state index is 0.174. The first-order valence-electron chi connectivity index (χ1n) is 14.7. The van der Waals surface area contributed by atoms with Crippen molar-refractivity contribution >= 4 is 22.9 Å². The van der Waals surface area contributed by atoms with Crippen molar-refractivity contribution in [3.05, 3.63) is 132 Å². The van der Waals surface area contributed by atoms with Gasteiger partial charge in [0.05, 0.1) is 26.1 Å². The maximum atomic E-state index is 12.9. The summed E-state index contributed by atoms with van der Waals surface area (Å²) in [5.74, 6) is -0.0166. The van der Waals surface area contributed by atoms with E-state index in [0.717, 1.165) is 16.7 Å². The second kappa shape index (κ2) is 13.5. The van der Waals surface area contributed by atoms with Crippen molar-refractivity contribution in [3.63, 3.8) is 0 Å². The largest absolute Gasteiger partial charge is 0.374 e. The van der Waals surface area contributed by atoms with Gasteiger partial charge in [-0.05, 0) is 35.8 Å². The van der Waals surface area contributed by atoms with Crippen LogP contribution in [0.3, 0.4) is 0 Å². The SMILES string of the molecule is C=C(C)[C@]1(COCc2ccccc2)OC(n2cnc3c(NC(=O)c4ccccc4)ncnc32)C(OC)C1OCc1ccccc1. The fourth-order valence-electron chi connectivity index (χ4n) is 5.59. The maximum Gasteiger partial charge on any atom is 0.256 e. The molecule has 3 aromatic carbocycles. The van der Waals surface area contributed by atoms with Crippen LogP contribution in [0.1, 0.15) is 34.6 Å². The molecule has 3 unspecified atom stereocenters. The van der Waals surface area contributed by atoms with E-state index in [1.54, 1.807) is 42.3 Å². The Hall–Kier alpha value is -4.74. The highest BCUT2D eigenvalue weighted by atomic mass is 16.6. The number of fused-ring (bicyclic) bond motifs is 1. The van der Waals surface area contributed by atoms with E-state index in [0.29, 0.717) is 29.9 Å². The number of anilines is 1. The molecule has 0 spiro atoms. The van der Waals surface area contributed by atoms with Gasteiger partial charge in [-0.25, -0.2) is 15.0 Å². The lowest BCUT2D eigenvalue weighted by Gasteiger charge is -2.35. The molecule has 1 amide bonds. The summed E-state index contributed by atoms with van der Waals surface area (Å²) in [4.78, 5) is 26.3. The molecule has 0 saturated carbocycles. The molecule has 1 saturated heterocycles. The number of ether oxygens (including phenoxy) is 4. The molecule has 0 radical (unpaired) electrons. The molecule has 45 heavy (non-hydrogen) atoms. The van der Waals surface area contributed by atoms with Crippen LogP contribution in [0.4, 0.5) is 5.82 Å². The fourth-order valence-corrected chi connectivity index (χ4v) is 5.59. The number of benzene rings is 3. The van der Waals surface area contributed by atoms with E-state index in [-0.39, 0.29) is 18.3 Å². The molecule has 5 aromatic rings. The number of nitrogens with one attached hydrogen (secondary N) is 1. The van der Waals surface area contributed by atoms with Crippen LogP contribution in [-0.2, 0) is 32.2 Å².